The molecule has 0 spiro atoms. The van der Waals surface area contributed by atoms with Crippen molar-refractivity contribution in [1.29, 1.82) is 0 Å². The molecular formula is C11H13NO. The lowest BCUT2D eigenvalue weighted by Crippen LogP contribution is -2.26. The van der Waals surface area contributed by atoms with Gasteiger partial charge in [0.2, 0.25) is 0 Å². The summed E-state index contributed by atoms with van der Waals surface area (Å²) >= 11 is 0. The number of para-hydroxylation sites is 1. The molecule has 0 radical (unpaired) electrons. The third-order valence-electron chi connectivity index (χ3n) is 2.37. The van der Waals surface area contributed by atoms with Crippen molar-refractivity contribution in [2.75, 3.05) is 5.06 Å². The molecule has 0 aromatic heterocycles. The fourth-order valence-corrected chi connectivity index (χ4v) is 1.37. The molecule has 1 heterocycles. The average Bonchev–Trinajstić information content (AvgIpc) is 2.49. The minimum absolute atomic E-state index is 0.336. The smallest absolute Gasteiger partial charge is 0.120 e. The largest absolute Gasteiger partial charge is 0.387 e. The van der Waals surface area contributed by atoms with Crippen molar-refractivity contribution in [3.8, 4) is 0 Å². The fraction of sp³-hybridized carbons (Fsp3) is 0.273. The highest BCUT2D eigenvalue weighted by atomic mass is 16.7. The van der Waals surface area contributed by atoms with E-state index in [2.05, 4.69) is 13.8 Å². The van der Waals surface area contributed by atoms with E-state index in [-0.39, 0.29) is 0 Å². The van der Waals surface area contributed by atoms with E-state index in [4.69, 9.17) is 4.84 Å². The van der Waals surface area contributed by atoms with Gasteiger partial charge in [-0.3, -0.25) is 0 Å². The maximum atomic E-state index is 5.43. The molecule has 1 atom stereocenters. The van der Waals surface area contributed by atoms with Crippen LogP contribution in [0, 0.1) is 0 Å². The number of benzene rings is 1. The van der Waals surface area contributed by atoms with Gasteiger partial charge in [0.25, 0.3) is 0 Å². The van der Waals surface area contributed by atoms with Crippen molar-refractivity contribution < 1.29 is 4.84 Å². The van der Waals surface area contributed by atoms with Gasteiger partial charge in [0.15, 0.2) is 0 Å². The Bertz CT molecular complexity index is 318. The number of hydroxylamine groups is 1. The molecule has 1 aliphatic heterocycles. The van der Waals surface area contributed by atoms with Crippen LogP contribution in [0.5, 0.6) is 0 Å². The summed E-state index contributed by atoms with van der Waals surface area (Å²) in [5.74, 6) is 0. The summed E-state index contributed by atoms with van der Waals surface area (Å²) in [6, 6.07) is 10.5. The first-order valence-corrected chi connectivity index (χ1v) is 4.47. The van der Waals surface area contributed by atoms with E-state index < -0.39 is 0 Å². The molecule has 0 saturated heterocycles. The van der Waals surface area contributed by atoms with E-state index in [1.165, 1.54) is 5.57 Å². The summed E-state index contributed by atoms with van der Waals surface area (Å²) < 4.78 is 0. The van der Waals surface area contributed by atoms with Gasteiger partial charge in [-0.05, 0) is 31.6 Å². The lowest BCUT2D eigenvalue weighted by molar-refractivity contribution is 0.228. The van der Waals surface area contributed by atoms with Gasteiger partial charge in [-0.2, -0.15) is 0 Å². The summed E-state index contributed by atoms with van der Waals surface area (Å²) in [6.07, 6.45) is 1.80. The van der Waals surface area contributed by atoms with Crippen LogP contribution in [0.4, 0.5) is 5.69 Å². The van der Waals surface area contributed by atoms with Gasteiger partial charge in [-0.25, -0.2) is 5.06 Å². The van der Waals surface area contributed by atoms with Crippen LogP contribution in [0.3, 0.4) is 0 Å². The lowest BCUT2D eigenvalue weighted by atomic mass is 10.1. The Morgan fingerprint density at radius 3 is 2.46 bits per heavy atom. The van der Waals surface area contributed by atoms with Crippen LogP contribution in [0.25, 0.3) is 0 Å². The number of hydrogen-bond acceptors (Lipinski definition) is 2. The molecule has 0 fully saturated rings. The van der Waals surface area contributed by atoms with E-state index in [1.807, 2.05) is 35.4 Å². The minimum Gasteiger partial charge on any atom is -0.387 e. The molecule has 13 heavy (non-hydrogen) atoms. The van der Waals surface area contributed by atoms with E-state index in [1.54, 1.807) is 6.26 Å². The van der Waals surface area contributed by atoms with Crippen LogP contribution in [0.2, 0.25) is 0 Å². The van der Waals surface area contributed by atoms with E-state index >= 15 is 0 Å². The summed E-state index contributed by atoms with van der Waals surface area (Å²) in [7, 11) is 0. The predicted octanol–water partition coefficient (Wildman–Crippen LogP) is 2.73. The van der Waals surface area contributed by atoms with Crippen LogP contribution in [-0.4, -0.2) is 6.04 Å². The molecular weight excluding hydrogens is 162 g/mol. The van der Waals surface area contributed by atoms with Crippen molar-refractivity contribution in [2.24, 2.45) is 0 Å². The second-order valence-corrected chi connectivity index (χ2v) is 3.30. The third kappa shape index (κ3) is 1.39. The molecule has 1 unspecified atom stereocenters. The van der Waals surface area contributed by atoms with E-state index in [9.17, 15) is 0 Å². The number of nitrogens with zero attached hydrogens (tertiary/aromatic N) is 1. The van der Waals surface area contributed by atoms with Gasteiger partial charge < -0.3 is 4.84 Å². The zero-order chi connectivity index (χ0) is 9.26. The second-order valence-electron chi connectivity index (χ2n) is 3.30. The normalized spacial score (nSPS) is 21.2. The molecule has 0 amide bonds. The minimum atomic E-state index is 0.336. The molecule has 2 nitrogen and oxygen atoms in total. The van der Waals surface area contributed by atoms with E-state index in [0.29, 0.717) is 6.04 Å². The highest BCUT2D eigenvalue weighted by molar-refractivity contribution is 5.47. The molecule has 68 valence electrons. The van der Waals surface area contributed by atoms with Gasteiger partial charge in [0.1, 0.15) is 6.26 Å². The highest BCUT2D eigenvalue weighted by Crippen LogP contribution is 2.25. The topological polar surface area (TPSA) is 12.5 Å². The first kappa shape index (κ1) is 8.17. The van der Waals surface area contributed by atoms with Gasteiger partial charge in [0.05, 0.1) is 11.7 Å². The number of anilines is 1. The van der Waals surface area contributed by atoms with Crippen molar-refractivity contribution in [2.45, 2.75) is 19.9 Å². The van der Waals surface area contributed by atoms with Crippen molar-refractivity contribution >= 4 is 5.69 Å². The molecule has 2 heteroatoms. The molecule has 1 aliphatic rings. The van der Waals surface area contributed by atoms with Crippen LogP contribution in [0.15, 0.2) is 42.2 Å². The third-order valence-corrected chi connectivity index (χ3v) is 2.37. The van der Waals surface area contributed by atoms with Gasteiger partial charge in [-0.15, -0.1) is 0 Å². The summed E-state index contributed by atoms with van der Waals surface area (Å²) in [6.45, 7) is 4.21. The van der Waals surface area contributed by atoms with Crippen LogP contribution >= 0.6 is 0 Å². The molecule has 1 aromatic carbocycles. The Morgan fingerprint density at radius 1 is 1.23 bits per heavy atom. The zero-order valence-electron chi connectivity index (χ0n) is 7.90. The molecule has 0 aliphatic carbocycles. The molecule has 0 N–H and O–H groups in total. The number of hydrogen-bond donors (Lipinski definition) is 0. The quantitative estimate of drug-likeness (QED) is 0.650. The number of rotatable bonds is 1. The Balaban J connectivity index is 2.22. The Labute approximate surface area is 78.4 Å². The summed E-state index contributed by atoms with van der Waals surface area (Å²) in [4.78, 5) is 5.43. The van der Waals surface area contributed by atoms with Crippen LogP contribution < -0.4 is 5.06 Å². The fourth-order valence-electron chi connectivity index (χ4n) is 1.37. The molecule has 0 bridgehead atoms. The van der Waals surface area contributed by atoms with Crippen molar-refractivity contribution in [3.05, 3.63) is 42.2 Å². The van der Waals surface area contributed by atoms with E-state index in [0.717, 1.165) is 5.69 Å². The molecule has 2 rings (SSSR count). The van der Waals surface area contributed by atoms with Crippen molar-refractivity contribution in [3.63, 3.8) is 0 Å². The SMILES string of the molecule is CC1=CON(c2ccccc2)C1C. The molecule has 1 aromatic rings. The maximum Gasteiger partial charge on any atom is 0.120 e. The Kier molecular flexibility index (Phi) is 1.97. The monoisotopic (exact) mass is 175 g/mol. The average molecular weight is 175 g/mol. The van der Waals surface area contributed by atoms with Crippen LogP contribution in [0.1, 0.15) is 13.8 Å². The summed E-state index contributed by atoms with van der Waals surface area (Å²) in [5.41, 5.74) is 2.35. The van der Waals surface area contributed by atoms with Gasteiger partial charge in [-0.1, -0.05) is 18.2 Å². The van der Waals surface area contributed by atoms with Gasteiger partial charge in [0, 0.05) is 0 Å². The standard InChI is InChI=1S/C11H13NO/c1-9-8-13-12(10(9)2)11-6-4-3-5-7-11/h3-8,10H,1-2H3. The van der Waals surface area contributed by atoms with Gasteiger partial charge >= 0.3 is 0 Å². The predicted molar refractivity (Wildman–Crippen MR) is 53.2 cm³/mol. The maximum absolute atomic E-state index is 5.43. The highest BCUT2D eigenvalue weighted by Gasteiger charge is 2.22. The Morgan fingerprint density at radius 2 is 1.92 bits per heavy atom. The first-order chi connectivity index (χ1) is 6.29. The van der Waals surface area contributed by atoms with Crippen LogP contribution in [-0.2, 0) is 4.84 Å². The first-order valence-electron chi connectivity index (χ1n) is 4.47. The Hall–Kier alpha value is -1.44. The lowest BCUT2D eigenvalue weighted by Gasteiger charge is -2.22. The van der Waals surface area contributed by atoms with Crippen molar-refractivity contribution in [1.82, 2.24) is 0 Å². The molecule has 0 saturated carbocycles. The second kappa shape index (κ2) is 3.13. The summed E-state index contributed by atoms with van der Waals surface area (Å²) in [5, 5.41) is 1.91. The zero-order valence-corrected chi connectivity index (χ0v) is 7.90.